The number of aliphatic hydroxyl groups excluding tert-OH is 1. The number of aliphatic hydroxyl groups is 1. The lowest BCUT2D eigenvalue weighted by Crippen LogP contribution is -2.35. The van der Waals surface area contributed by atoms with Crippen molar-refractivity contribution in [3.8, 4) is 0 Å². The van der Waals surface area contributed by atoms with Crippen molar-refractivity contribution >= 4 is 29.3 Å². The molecule has 0 aliphatic carbocycles. The summed E-state index contributed by atoms with van der Waals surface area (Å²) < 4.78 is 0. The second-order valence-electron chi connectivity index (χ2n) is 8.01. The van der Waals surface area contributed by atoms with E-state index in [1.54, 1.807) is 0 Å². The molecule has 0 bridgehead atoms. The van der Waals surface area contributed by atoms with E-state index in [-0.39, 0.29) is 29.4 Å². The van der Waals surface area contributed by atoms with Gasteiger partial charge in [-0.3, -0.25) is 14.5 Å². The molecular weight excluding hydrogens is 410 g/mol. The van der Waals surface area contributed by atoms with E-state index in [4.69, 9.17) is 0 Å². The van der Waals surface area contributed by atoms with Gasteiger partial charge in [0.2, 0.25) is 11.8 Å². The fraction of sp³-hybridized carbons (Fsp3) is 0.417. The average molecular weight is 442 g/mol. The predicted molar refractivity (Wildman–Crippen MR) is 126 cm³/mol. The second-order valence-corrected chi connectivity index (χ2v) is 9.00. The van der Waals surface area contributed by atoms with Gasteiger partial charge in [0.05, 0.1) is 17.6 Å². The van der Waals surface area contributed by atoms with E-state index in [0.29, 0.717) is 6.54 Å². The van der Waals surface area contributed by atoms with Crippen molar-refractivity contribution in [3.05, 3.63) is 65.2 Å². The molecule has 3 rings (SSSR count). The van der Waals surface area contributed by atoms with E-state index in [1.807, 2.05) is 43.3 Å². The van der Waals surface area contributed by atoms with Gasteiger partial charge in [0, 0.05) is 31.9 Å². The largest absolute Gasteiger partial charge is 0.393 e. The first kappa shape index (κ1) is 23.3. The third-order valence-corrected chi connectivity index (χ3v) is 6.18. The number of nitrogens with zero attached hydrogens (tertiary/aromatic N) is 1. The lowest BCUT2D eigenvalue weighted by Gasteiger charge is -2.29. The molecule has 0 aromatic heterocycles. The molecule has 3 N–H and O–H groups in total. The molecule has 31 heavy (non-hydrogen) atoms. The van der Waals surface area contributed by atoms with Crippen LogP contribution in [0, 0.1) is 6.92 Å². The van der Waals surface area contributed by atoms with Gasteiger partial charge < -0.3 is 15.7 Å². The maximum Gasteiger partial charge on any atom is 0.234 e. The molecule has 0 saturated carbocycles. The highest BCUT2D eigenvalue weighted by Crippen LogP contribution is 2.14. The van der Waals surface area contributed by atoms with E-state index in [2.05, 4.69) is 27.7 Å². The SMILES string of the molecule is Cc1cccc(NC(=O)CSCC(=O)NCc2ccc(CN3CCC(O)CC3)cc2)c1. The van der Waals surface area contributed by atoms with Gasteiger partial charge in [-0.1, -0.05) is 36.4 Å². The molecular formula is C24H31N3O3S. The molecule has 0 atom stereocenters. The van der Waals surface area contributed by atoms with Crippen LogP contribution in [0.4, 0.5) is 5.69 Å². The van der Waals surface area contributed by atoms with E-state index >= 15 is 0 Å². The topological polar surface area (TPSA) is 81.7 Å². The van der Waals surface area contributed by atoms with Crippen molar-refractivity contribution in [3.63, 3.8) is 0 Å². The van der Waals surface area contributed by atoms with Gasteiger partial charge in [-0.05, 0) is 48.6 Å². The number of thioether (sulfide) groups is 1. The number of hydrogen-bond acceptors (Lipinski definition) is 5. The first-order valence-electron chi connectivity index (χ1n) is 10.7. The van der Waals surface area contributed by atoms with Crippen LogP contribution in [0.15, 0.2) is 48.5 Å². The number of aryl methyl sites for hydroxylation is 1. The summed E-state index contributed by atoms with van der Waals surface area (Å²) >= 11 is 1.30. The van der Waals surface area contributed by atoms with Gasteiger partial charge in [0.25, 0.3) is 0 Å². The van der Waals surface area contributed by atoms with E-state index in [1.165, 1.54) is 17.3 Å². The summed E-state index contributed by atoms with van der Waals surface area (Å²) in [5.41, 5.74) is 4.15. The third-order valence-electron chi connectivity index (χ3n) is 5.24. The van der Waals surface area contributed by atoms with E-state index < -0.39 is 0 Å². The molecule has 6 nitrogen and oxygen atoms in total. The fourth-order valence-electron chi connectivity index (χ4n) is 3.51. The Morgan fingerprint density at radius 3 is 2.42 bits per heavy atom. The second kappa shape index (κ2) is 11.9. The van der Waals surface area contributed by atoms with Crippen molar-refractivity contribution < 1.29 is 14.7 Å². The van der Waals surface area contributed by atoms with Crippen molar-refractivity contribution in [2.45, 2.75) is 39.0 Å². The Bertz CT molecular complexity index is 865. The average Bonchev–Trinajstić information content (AvgIpc) is 2.75. The van der Waals surface area contributed by atoms with Crippen LogP contribution >= 0.6 is 11.8 Å². The number of benzene rings is 2. The number of piperidine rings is 1. The zero-order valence-corrected chi connectivity index (χ0v) is 18.8. The number of nitrogens with one attached hydrogen (secondary N) is 2. The highest BCUT2D eigenvalue weighted by molar-refractivity contribution is 8.00. The summed E-state index contributed by atoms with van der Waals surface area (Å²) in [4.78, 5) is 26.4. The van der Waals surface area contributed by atoms with Crippen LogP contribution in [0.5, 0.6) is 0 Å². The summed E-state index contributed by atoms with van der Waals surface area (Å²) in [6.45, 7) is 5.20. The molecule has 2 aromatic rings. The summed E-state index contributed by atoms with van der Waals surface area (Å²) in [6.07, 6.45) is 1.54. The maximum absolute atomic E-state index is 12.1. The molecule has 0 radical (unpaired) electrons. The number of rotatable bonds is 9. The first-order valence-corrected chi connectivity index (χ1v) is 11.8. The van der Waals surface area contributed by atoms with Gasteiger partial charge >= 0.3 is 0 Å². The standard InChI is InChI=1S/C24H31N3O3S/c1-18-3-2-4-21(13-18)26-24(30)17-31-16-23(29)25-14-19-5-7-20(8-6-19)15-27-11-9-22(28)10-12-27/h2-8,13,22,28H,9-12,14-17H2,1H3,(H,25,29)(H,26,30). The minimum absolute atomic E-state index is 0.0793. The van der Waals surface area contributed by atoms with Crippen molar-refractivity contribution in [2.75, 3.05) is 29.9 Å². The highest BCUT2D eigenvalue weighted by atomic mass is 32.2. The zero-order valence-electron chi connectivity index (χ0n) is 18.0. The molecule has 1 fully saturated rings. The minimum atomic E-state index is -0.150. The lowest BCUT2D eigenvalue weighted by molar-refractivity contribution is -0.118. The zero-order chi connectivity index (χ0) is 22.1. The first-order chi connectivity index (χ1) is 15.0. The Balaban J connectivity index is 1.31. The van der Waals surface area contributed by atoms with Crippen LogP contribution in [0.2, 0.25) is 0 Å². The summed E-state index contributed by atoms with van der Waals surface area (Å²) in [5.74, 6) is 0.301. The fourth-order valence-corrected chi connectivity index (χ4v) is 4.15. The van der Waals surface area contributed by atoms with Crippen LogP contribution in [0.25, 0.3) is 0 Å². The molecule has 2 amide bonds. The summed E-state index contributed by atoms with van der Waals surface area (Å²) in [5, 5.41) is 15.4. The van der Waals surface area contributed by atoms with Crippen molar-refractivity contribution in [2.24, 2.45) is 0 Å². The lowest BCUT2D eigenvalue weighted by atomic mass is 10.1. The number of amides is 2. The molecule has 1 aliphatic rings. The number of anilines is 1. The molecule has 0 unspecified atom stereocenters. The number of likely N-dealkylation sites (tertiary alicyclic amines) is 1. The number of carbonyl (C=O) groups excluding carboxylic acids is 2. The molecule has 0 spiro atoms. The van der Waals surface area contributed by atoms with Gasteiger partial charge in [0.1, 0.15) is 0 Å². The highest BCUT2D eigenvalue weighted by Gasteiger charge is 2.16. The predicted octanol–water partition coefficient (Wildman–Crippen LogP) is 2.94. The van der Waals surface area contributed by atoms with Gasteiger partial charge in [-0.2, -0.15) is 0 Å². The Hall–Kier alpha value is -2.35. The summed E-state index contributed by atoms with van der Waals surface area (Å²) in [6, 6.07) is 15.9. The van der Waals surface area contributed by atoms with Crippen LogP contribution in [-0.2, 0) is 22.7 Å². The van der Waals surface area contributed by atoms with Crippen molar-refractivity contribution in [1.82, 2.24) is 10.2 Å². The Morgan fingerprint density at radius 1 is 1.03 bits per heavy atom. The smallest absolute Gasteiger partial charge is 0.234 e. The van der Waals surface area contributed by atoms with Crippen LogP contribution in [0.1, 0.15) is 29.5 Å². The van der Waals surface area contributed by atoms with Crippen LogP contribution in [0.3, 0.4) is 0 Å². The number of hydrogen-bond donors (Lipinski definition) is 3. The van der Waals surface area contributed by atoms with Crippen LogP contribution < -0.4 is 10.6 Å². The molecule has 166 valence electrons. The Kier molecular flexibility index (Phi) is 8.94. The van der Waals surface area contributed by atoms with Crippen LogP contribution in [-0.4, -0.2) is 52.5 Å². The number of carbonyl (C=O) groups is 2. The monoisotopic (exact) mass is 441 g/mol. The molecule has 1 aliphatic heterocycles. The Labute approximate surface area is 188 Å². The van der Waals surface area contributed by atoms with E-state index in [9.17, 15) is 14.7 Å². The maximum atomic E-state index is 12.1. The quantitative estimate of drug-likeness (QED) is 0.557. The molecule has 1 saturated heterocycles. The minimum Gasteiger partial charge on any atom is -0.393 e. The van der Waals surface area contributed by atoms with E-state index in [0.717, 1.165) is 49.3 Å². The van der Waals surface area contributed by atoms with Gasteiger partial charge in [-0.25, -0.2) is 0 Å². The molecule has 1 heterocycles. The molecule has 7 heteroatoms. The van der Waals surface area contributed by atoms with Gasteiger partial charge in [-0.15, -0.1) is 11.8 Å². The summed E-state index contributed by atoms with van der Waals surface area (Å²) in [7, 11) is 0. The van der Waals surface area contributed by atoms with Crippen molar-refractivity contribution in [1.29, 1.82) is 0 Å². The molecule has 2 aromatic carbocycles. The normalized spacial score (nSPS) is 14.9. The third kappa shape index (κ3) is 8.36. The van der Waals surface area contributed by atoms with Gasteiger partial charge in [0.15, 0.2) is 0 Å². The Morgan fingerprint density at radius 2 is 1.71 bits per heavy atom.